The van der Waals surface area contributed by atoms with Crippen molar-refractivity contribution in [3.05, 3.63) is 29.8 Å². The van der Waals surface area contributed by atoms with E-state index in [1.165, 1.54) is 5.56 Å². The lowest BCUT2D eigenvalue weighted by molar-refractivity contribution is -0.128. The highest BCUT2D eigenvalue weighted by Gasteiger charge is 2.41. The lowest BCUT2D eigenvalue weighted by Gasteiger charge is -2.22. The second-order valence-corrected chi connectivity index (χ2v) is 6.16. The van der Waals surface area contributed by atoms with E-state index in [9.17, 15) is 10.1 Å². The van der Waals surface area contributed by atoms with E-state index in [2.05, 4.69) is 11.4 Å². The van der Waals surface area contributed by atoms with Crippen molar-refractivity contribution in [1.29, 1.82) is 5.26 Å². The first-order valence-electron chi connectivity index (χ1n) is 7.95. The Morgan fingerprint density at radius 3 is 2.55 bits per heavy atom. The minimum atomic E-state index is -0.783. The number of ether oxygens (including phenoxy) is 1. The smallest absolute Gasteiger partial charge is 0.240 e. The van der Waals surface area contributed by atoms with E-state index < -0.39 is 5.41 Å². The van der Waals surface area contributed by atoms with E-state index in [4.69, 9.17) is 4.74 Å². The van der Waals surface area contributed by atoms with Crippen LogP contribution >= 0.6 is 0 Å². The first-order chi connectivity index (χ1) is 10.6. The van der Waals surface area contributed by atoms with Crippen molar-refractivity contribution in [2.24, 2.45) is 5.41 Å². The van der Waals surface area contributed by atoms with Gasteiger partial charge in [-0.2, -0.15) is 5.26 Å². The van der Waals surface area contributed by atoms with E-state index in [0.717, 1.165) is 31.4 Å². The fourth-order valence-corrected chi connectivity index (χ4v) is 2.98. The molecule has 2 rings (SSSR count). The summed E-state index contributed by atoms with van der Waals surface area (Å²) in [4.78, 5) is 12.4. The number of nitrogens with zero attached hydrogens (tertiary/aromatic N) is 1. The normalized spacial score (nSPS) is 17.5. The molecule has 1 aliphatic carbocycles. The van der Waals surface area contributed by atoms with E-state index >= 15 is 0 Å². The Hall–Kier alpha value is -2.02. The Kier molecular flexibility index (Phi) is 5.43. The van der Waals surface area contributed by atoms with E-state index in [1.807, 2.05) is 31.2 Å². The van der Waals surface area contributed by atoms with Crippen LogP contribution in [0.1, 0.15) is 44.6 Å². The summed E-state index contributed by atoms with van der Waals surface area (Å²) in [5.74, 6) is 0.761. The highest BCUT2D eigenvalue weighted by Crippen LogP contribution is 2.37. The topological polar surface area (TPSA) is 62.1 Å². The monoisotopic (exact) mass is 300 g/mol. The number of hydrogen-bond donors (Lipinski definition) is 1. The number of rotatable bonds is 6. The third-order valence-electron chi connectivity index (χ3n) is 4.51. The fraction of sp³-hybridized carbons (Fsp3) is 0.556. The molecule has 4 nitrogen and oxygen atoms in total. The number of nitriles is 1. The second-order valence-electron chi connectivity index (χ2n) is 6.16. The van der Waals surface area contributed by atoms with Crippen LogP contribution in [0, 0.1) is 16.7 Å². The summed E-state index contributed by atoms with van der Waals surface area (Å²) in [7, 11) is 1.65. The van der Waals surface area contributed by atoms with Crippen LogP contribution in [0.15, 0.2) is 24.3 Å². The molecule has 0 saturated heterocycles. The highest BCUT2D eigenvalue weighted by atomic mass is 16.5. The van der Waals surface area contributed by atoms with Gasteiger partial charge in [0, 0.05) is 6.04 Å². The molecule has 0 aromatic heterocycles. The molecule has 22 heavy (non-hydrogen) atoms. The summed E-state index contributed by atoms with van der Waals surface area (Å²) < 4.78 is 5.14. The number of nitrogens with one attached hydrogen (secondary N) is 1. The average Bonchev–Trinajstić information content (AvgIpc) is 3.03. The van der Waals surface area contributed by atoms with Gasteiger partial charge < -0.3 is 10.1 Å². The van der Waals surface area contributed by atoms with E-state index in [1.54, 1.807) is 7.11 Å². The molecule has 1 atom stereocenters. The van der Waals surface area contributed by atoms with E-state index in [0.29, 0.717) is 12.8 Å². The second kappa shape index (κ2) is 7.31. The number of benzene rings is 1. The third-order valence-corrected chi connectivity index (χ3v) is 4.51. The minimum absolute atomic E-state index is 0.0698. The van der Waals surface area contributed by atoms with Crippen LogP contribution in [0.2, 0.25) is 0 Å². The number of methoxy groups -OCH3 is 1. The molecule has 0 aliphatic heterocycles. The summed E-state index contributed by atoms with van der Waals surface area (Å²) in [5, 5.41) is 12.4. The maximum atomic E-state index is 12.4. The Morgan fingerprint density at radius 2 is 2.00 bits per heavy atom. The van der Waals surface area contributed by atoms with Crippen molar-refractivity contribution in [1.82, 2.24) is 5.32 Å². The molecule has 1 N–H and O–H groups in total. The third kappa shape index (κ3) is 3.79. The van der Waals surface area contributed by atoms with Crippen molar-refractivity contribution in [2.45, 2.75) is 51.5 Å². The first-order valence-corrected chi connectivity index (χ1v) is 7.95. The van der Waals surface area contributed by atoms with Gasteiger partial charge in [0.05, 0.1) is 13.2 Å². The molecule has 0 unspecified atom stereocenters. The quantitative estimate of drug-likeness (QED) is 0.877. The van der Waals surface area contributed by atoms with Crippen molar-refractivity contribution >= 4 is 5.91 Å². The molecule has 4 heteroatoms. The largest absolute Gasteiger partial charge is 0.497 e. The molecule has 0 bridgehead atoms. The van der Waals surface area contributed by atoms with Crippen LogP contribution in [0.4, 0.5) is 0 Å². The van der Waals surface area contributed by atoms with Crippen LogP contribution in [-0.2, 0) is 11.2 Å². The van der Waals surface area contributed by atoms with Gasteiger partial charge in [-0.05, 0) is 50.3 Å². The molecule has 1 aliphatic rings. The number of amides is 1. The number of aryl methyl sites for hydroxylation is 1. The lowest BCUT2D eigenvalue weighted by atomic mass is 9.86. The maximum Gasteiger partial charge on any atom is 0.240 e. The Labute approximate surface area is 132 Å². The highest BCUT2D eigenvalue weighted by molar-refractivity contribution is 5.85. The Morgan fingerprint density at radius 1 is 1.36 bits per heavy atom. The molecule has 0 radical (unpaired) electrons. The van der Waals surface area contributed by atoms with Gasteiger partial charge in [0.1, 0.15) is 11.2 Å². The molecule has 1 saturated carbocycles. The van der Waals surface area contributed by atoms with Gasteiger partial charge in [-0.1, -0.05) is 25.0 Å². The summed E-state index contributed by atoms with van der Waals surface area (Å²) in [6.45, 7) is 2.00. The van der Waals surface area contributed by atoms with Gasteiger partial charge >= 0.3 is 0 Å². The lowest BCUT2D eigenvalue weighted by Crippen LogP contribution is -2.42. The molecule has 0 spiro atoms. The molecule has 1 fully saturated rings. The predicted octanol–water partition coefficient (Wildman–Crippen LogP) is 3.22. The van der Waals surface area contributed by atoms with Gasteiger partial charge in [-0.3, -0.25) is 4.79 Å². The summed E-state index contributed by atoms with van der Waals surface area (Å²) in [5.41, 5.74) is 0.437. The summed E-state index contributed by atoms with van der Waals surface area (Å²) in [6, 6.07) is 10.3. The molecule has 1 aromatic carbocycles. The van der Waals surface area contributed by atoms with Crippen molar-refractivity contribution in [3.8, 4) is 11.8 Å². The van der Waals surface area contributed by atoms with Crippen LogP contribution in [0.25, 0.3) is 0 Å². The summed E-state index contributed by atoms with van der Waals surface area (Å²) >= 11 is 0. The number of hydrogen-bond acceptors (Lipinski definition) is 3. The Bertz CT molecular complexity index is 539. The van der Waals surface area contributed by atoms with Gasteiger partial charge in [0.2, 0.25) is 5.91 Å². The summed E-state index contributed by atoms with van der Waals surface area (Å²) in [6.07, 6.45) is 5.09. The molecule has 1 aromatic rings. The average molecular weight is 300 g/mol. The fourth-order valence-electron chi connectivity index (χ4n) is 2.98. The molecule has 118 valence electrons. The van der Waals surface area contributed by atoms with Crippen molar-refractivity contribution < 1.29 is 9.53 Å². The molecular weight excluding hydrogens is 276 g/mol. The molecular formula is C18H24N2O2. The molecule has 0 heterocycles. The number of carbonyl (C=O) groups excluding carboxylic acids is 1. The standard InChI is InChI=1S/C18H24N2O2/c1-14(5-6-15-7-9-16(22-2)10-8-15)20-17(21)18(13-19)11-3-4-12-18/h7-10,14H,3-6,11-12H2,1-2H3,(H,20,21)/t14-/m0/s1. The van der Waals surface area contributed by atoms with Crippen LogP contribution in [0.5, 0.6) is 5.75 Å². The molecule has 1 amide bonds. The maximum absolute atomic E-state index is 12.4. The Balaban J connectivity index is 1.83. The van der Waals surface area contributed by atoms with Crippen LogP contribution in [-0.4, -0.2) is 19.1 Å². The zero-order valence-electron chi connectivity index (χ0n) is 13.4. The van der Waals surface area contributed by atoms with Crippen molar-refractivity contribution in [2.75, 3.05) is 7.11 Å². The number of carbonyl (C=O) groups is 1. The van der Waals surface area contributed by atoms with Gasteiger partial charge in [0.15, 0.2) is 0 Å². The first kappa shape index (κ1) is 16.4. The zero-order valence-corrected chi connectivity index (χ0v) is 13.4. The zero-order chi connectivity index (χ0) is 16.0. The van der Waals surface area contributed by atoms with Crippen LogP contribution < -0.4 is 10.1 Å². The SMILES string of the molecule is COc1ccc(CC[C@H](C)NC(=O)C2(C#N)CCCC2)cc1. The van der Waals surface area contributed by atoms with Gasteiger partial charge in [-0.25, -0.2) is 0 Å². The minimum Gasteiger partial charge on any atom is -0.497 e. The predicted molar refractivity (Wildman–Crippen MR) is 85.4 cm³/mol. The van der Waals surface area contributed by atoms with Gasteiger partial charge in [-0.15, -0.1) is 0 Å². The van der Waals surface area contributed by atoms with Gasteiger partial charge in [0.25, 0.3) is 0 Å². The van der Waals surface area contributed by atoms with Crippen LogP contribution in [0.3, 0.4) is 0 Å². The van der Waals surface area contributed by atoms with Crippen molar-refractivity contribution in [3.63, 3.8) is 0 Å². The van der Waals surface area contributed by atoms with E-state index in [-0.39, 0.29) is 11.9 Å².